The molecule has 1 fully saturated rings. The Labute approximate surface area is 140 Å². The molecule has 0 aromatic heterocycles. The van der Waals surface area contributed by atoms with E-state index in [9.17, 15) is 9.59 Å². The number of nitrogens with one attached hydrogen (secondary N) is 1. The van der Waals surface area contributed by atoms with E-state index < -0.39 is 0 Å². The zero-order valence-corrected chi connectivity index (χ0v) is 14.1. The molecule has 6 heteroatoms. The molecule has 1 heterocycles. The molecule has 1 N–H and O–H groups in total. The third-order valence-corrected chi connectivity index (χ3v) is 4.74. The summed E-state index contributed by atoms with van der Waals surface area (Å²) >= 11 is 11.7. The second-order valence-electron chi connectivity index (χ2n) is 5.46. The predicted molar refractivity (Wildman–Crippen MR) is 88.4 cm³/mol. The first-order chi connectivity index (χ1) is 10.5. The topological polar surface area (TPSA) is 49.4 Å². The van der Waals surface area contributed by atoms with E-state index in [1.54, 1.807) is 12.1 Å². The molecule has 1 aliphatic rings. The van der Waals surface area contributed by atoms with Crippen LogP contribution in [0.15, 0.2) is 18.2 Å². The van der Waals surface area contributed by atoms with Crippen molar-refractivity contribution in [2.75, 3.05) is 13.1 Å². The lowest BCUT2D eigenvalue weighted by molar-refractivity contribution is -0.133. The second-order valence-corrected chi connectivity index (χ2v) is 6.27. The summed E-state index contributed by atoms with van der Waals surface area (Å²) in [4.78, 5) is 26.2. The van der Waals surface area contributed by atoms with Crippen molar-refractivity contribution < 1.29 is 9.59 Å². The monoisotopic (exact) mass is 342 g/mol. The van der Waals surface area contributed by atoms with Crippen LogP contribution < -0.4 is 5.32 Å². The van der Waals surface area contributed by atoms with Gasteiger partial charge in [0.2, 0.25) is 5.91 Å². The molecule has 2 amide bonds. The fourth-order valence-corrected chi connectivity index (χ4v) is 3.05. The van der Waals surface area contributed by atoms with Gasteiger partial charge in [-0.3, -0.25) is 9.59 Å². The number of halogens is 2. The van der Waals surface area contributed by atoms with Crippen molar-refractivity contribution in [1.82, 2.24) is 10.2 Å². The first-order valence-corrected chi connectivity index (χ1v) is 8.31. The Bertz CT molecular complexity index is 563. The van der Waals surface area contributed by atoms with Gasteiger partial charge in [-0.25, -0.2) is 0 Å². The van der Waals surface area contributed by atoms with Crippen molar-refractivity contribution in [2.45, 2.75) is 38.6 Å². The molecule has 0 spiro atoms. The third-order valence-electron chi connectivity index (χ3n) is 4.00. The third kappa shape index (κ3) is 4.14. The van der Waals surface area contributed by atoms with Gasteiger partial charge in [0.25, 0.3) is 5.91 Å². The minimum absolute atomic E-state index is 0.00950. The number of carbonyl (C=O) groups is 2. The standard InChI is InChI=1S/C16H20Cl2N2O2/c1-2-12-5-3-4-8-20(12)15(21)10-19-16(22)11-6-7-13(17)14(18)9-11/h6-7,9,12H,2-5,8,10H2,1H3,(H,19,22). The lowest BCUT2D eigenvalue weighted by atomic mass is 10.00. The molecule has 22 heavy (non-hydrogen) atoms. The number of carbonyl (C=O) groups excluding carboxylic acids is 2. The summed E-state index contributed by atoms with van der Waals surface area (Å²) in [6.07, 6.45) is 4.19. The quantitative estimate of drug-likeness (QED) is 0.909. The fraction of sp³-hybridized carbons (Fsp3) is 0.500. The van der Waals surface area contributed by atoms with Crippen LogP contribution in [-0.2, 0) is 4.79 Å². The van der Waals surface area contributed by atoms with Crippen LogP contribution in [0.4, 0.5) is 0 Å². The highest BCUT2D eigenvalue weighted by molar-refractivity contribution is 6.42. The summed E-state index contributed by atoms with van der Waals surface area (Å²) in [5, 5.41) is 3.37. The highest BCUT2D eigenvalue weighted by Gasteiger charge is 2.25. The van der Waals surface area contributed by atoms with Crippen molar-refractivity contribution in [2.24, 2.45) is 0 Å². The van der Waals surface area contributed by atoms with Gasteiger partial charge in [0.15, 0.2) is 0 Å². The summed E-state index contributed by atoms with van der Waals surface area (Å²) in [5.41, 5.74) is 0.396. The highest BCUT2D eigenvalue weighted by Crippen LogP contribution is 2.22. The molecule has 1 aromatic rings. The zero-order valence-electron chi connectivity index (χ0n) is 12.6. The Morgan fingerprint density at radius 3 is 2.73 bits per heavy atom. The Kier molecular flexibility index (Phi) is 6.09. The van der Waals surface area contributed by atoms with Crippen molar-refractivity contribution in [1.29, 1.82) is 0 Å². The fourth-order valence-electron chi connectivity index (χ4n) is 2.75. The average molecular weight is 343 g/mol. The van der Waals surface area contributed by atoms with E-state index in [0.717, 1.165) is 32.2 Å². The van der Waals surface area contributed by atoms with E-state index in [2.05, 4.69) is 12.2 Å². The van der Waals surface area contributed by atoms with E-state index in [1.807, 2.05) is 4.90 Å². The number of nitrogens with zero attached hydrogens (tertiary/aromatic N) is 1. The molecule has 1 aliphatic heterocycles. The van der Waals surface area contributed by atoms with Gasteiger partial charge in [0.1, 0.15) is 0 Å². The lowest BCUT2D eigenvalue weighted by Gasteiger charge is -2.35. The molecule has 1 unspecified atom stereocenters. The molecule has 0 aliphatic carbocycles. The van der Waals surface area contributed by atoms with Crippen molar-refractivity contribution >= 4 is 35.0 Å². The van der Waals surface area contributed by atoms with Gasteiger partial charge in [-0.2, -0.15) is 0 Å². The number of amides is 2. The average Bonchev–Trinajstić information content (AvgIpc) is 2.54. The molecule has 1 saturated heterocycles. The Morgan fingerprint density at radius 1 is 1.27 bits per heavy atom. The van der Waals surface area contributed by atoms with Crippen LogP contribution in [0.2, 0.25) is 10.0 Å². The lowest BCUT2D eigenvalue weighted by Crippen LogP contribution is -2.47. The second kappa shape index (κ2) is 7.84. The largest absolute Gasteiger partial charge is 0.343 e. The normalized spacial score (nSPS) is 18.1. The van der Waals surface area contributed by atoms with Gasteiger partial charge < -0.3 is 10.2 Å². The van der Waals surface area contributed by atoms with Gasteiger partial charge in [-0.1, -0.05) is 30.1 Å². The maximum atomic E-state index is 12.3. The smallest absolute Gasteiger partial charge is 0.251 e. The van der Waals surface area contributed by atoms with Gasteiger partial charge in [0, 0.05) is 18.2 Å². The number of piperidine rings is 1. The van der Waals surface area contributed by atoms with Gasteiger partial charge >= 0.3 is 0 Å². The molecule has 1 aromatic carbocycles. The Morgan fingerprint density at radius 2 is 2.05 bits per heavy atom. The van der Waals surface area contributed by atoms with Gasteiger partial charge in [0.05, 0.1) is 16.6 Å². The van der Waals surface area contributed by atoms with Crippen LogP contribution in [0.5, 0.6) is 0 Å². The summed E-state index contributed by atoms with van der Waals surface area (Å²) in [5.74, 6) is -0.350. The molecule has 0 radical (unpaired) electrons. The van der Waals surface area contributed by atoms with E-state index in [0.29, 0.717) is 21.7 Å². The van der Waals surface area contributed by atoms with E-state index in [-0.39, 0.29) is 18.4 Å². The molecule has 1 atom stereocenters. The molecule has 0 saturated carbocycles. The molecule has 120 valence electrons. The number of rotatable bonds is 4. The van der Waals surface area contributed by atoms with E-state index >= 15 is 0 Å². The number of hydrogen-bond donors (Lipinski definition) is 1. The maximum Gasteiger partial charge on any atom is 0.251 e. The van der Waals surface area contributed by atoms with Crippen LogP contribution in [0.1, 0.15) is 43.0 Å². The van der Waals surface area contributed by atoms with Gasteiger partial charge in [-0.05, 0) is 43.9 Å². The first kappa shape index (κ1) is 17.1. The van der Waals surface area contributed by atoms with Crippen molar-refractivity contribution in [3.63, 3.8) is 0 Å². The summed E-state index contributed by atoms with van der Waals surface area (Å²) < 4.78 is 0. The Hall–Kier alpha value is -1.26. The van der Waals surface area contributed by atoms with Crippen LogP contribution in [0.25, 0.3) is 0 Å². The molecular weight excluding hydrogens is 323 g/mol. The minimum Gasteiger partial charge on any atom is -0.343 e. The summed E-state index contributed by atoms with van der Waals surface area (Å²) in [6, 6.07) is 4.95. The summed E-state index contributed by atoms with van der Waals surface area (Å²) in [7, 11) is 0. The number of likely N-dealkylation sites (tertiary alicyclic amines) is 1. The maximum absolute atomic E-state index is 12.3. The van der Waals surface area contributed by atoms with Gasteiger partial charge in [-0.15, -0.1) is 0 Å². The van der Waals surface area contributed by atoms with Crippen molar-refractivity contribution in [3.8, 4) is 0 Å². The first-order valence-electron chi connectivity index (χ1n) is 7.55. The van der Waals surface area contributed by atoms with Crippen LogP contribution in [-0.4, -0.2) is 35.8 Å². The number of hydrogen-bond acceptors (Lipinski definition) is 2. The molecular formula is C16H20Cl2N2O2. The van der Waals surface area contributed by atoms with Crippen LogP contribution in [0.3, 0.4) is 0 Å². The van der Waals surface area contributed by atoms with Crippen LogP contribution in [0, 0.1) is 0 Å². The minimum atomic E-state index is -0.322. The van der Waals surface area contributed by atoms with Crippen LogP contribution >= 0.6 is 23.2 Å². The zero-order chi connectivity index (χ0) is 16.1. The Balaban J connectivity index is 1.92. The van der Waals surface area contributed by atoms with Crippen molar-refractivity contribution in [3.05, 3.63) is 33.8 Å². The number of benzene rings is 1. The predicted octanol–water partition coefficient (Wildman–Crippen LogP) is 3.51. The van der Waals surface area contributed by atoms with E-state index in [1.165, 1.54) is 6.07 Å². The molecule has 2 rings (SSSR count). The van der Waals surface area contributed by atoms with E-state index in [4.69, 9.17) is 23.2 Å². The SMILES string of the molecule is CCC1CCCCN1C(=O)CNC(=O)c1ccc(Cl)c(Cl)c1. The molecule has 0 bridgehead atoms. The highest BCUT2D eigenvalue weighted by atomic mass is 35.5. The summed E-state index contributed by atoms with van der Waals surface area (Å²) in [6.45, 7) is 2.88. The molecule has 4 nitrogen and oxygen atoms in total.